The van der Waals surface area contributed by atoms with E-state index < -0.39 is 5.91 Å². The molecule has 136 valence electrons. The lowest BCUT2D eigenvalue weighted by molar-refractivity contribution is 0.0955. The maximum Gasteiger partial charge on any atom is 0.274 e. The van der Waals surface area contributed by atoms with Gasteiger partial charge < -0.3 is 4.74 Å². The number of amides is 1. The number of carbonyl (C=O) groups excluding carboxylic acids is 1. The molecule has 5 nitrogen and oxygen atoms in total. The van der Waals surface area contributed by atoms with Crippen LogP contribution in [0.2, 0.25) is 5.15 Å². The highest BCUT2D eigenvalue weighted by molar-refractivity contribution is 6.32. The van der Waals surface area contributed by atoms with Gasteiger partial charge in [0.05, 0.1) is 11.8 Å². The van der Waals surface area contributed by atoms with E-state index in [1.807, 2.05) is 55.5 Å². The highest BCUT2D eigenvalue weighted by Crippen LogP contribution is 2.18. The first-order chi connectivity index (χ1) is 13.1. The summed E-state index contributed by atoms with van der Waals surface area (Å²) in [5, 5.41) is 4.13. The van der Waals surface area contributed by atoms with E-state index in [0.717, 1.165) is 11.1 Å². The third kappa shape index (κ3) is 5.15. The van der Waals surface area contributed by atoms with E-state index in [-0.39, 0.29) is 10.7 Å². The Hall–Kier alpha value is -3.18. The molecule has 0 atom stereocenters. The van der Waals surface area contributed by atoms with Crippen LogP contribution in [0.1, 0.15) is 27.0 Å². The maximum atomic E-state index is 12.1. The monoisotopic (exact) mass is 379 g/mol. The molecular formula is C21H18ClN3O2. The summed E-state index contributed by atoms with van der Waals surface area (Å²) >= 11 is 5.91. The first kappa shape index (κ1) is 18.6. The zero-order chi connectivity index (χ0) is 19.1. The number of carbonyl (C=O) groups is 1. The number of hydrazone groups is 1. The van der Waals surface area contributed by atoms with E-state index in [0.29, 0.717) is 12.4 Å². The van der Waals surface area contributed by atoms with Crippen molar-refractivity contribution in [1.29, 1.82) is 0 Å². The van der Waals surface area contributed by atoms with Crippen molar-refractivity contribution in [3.8, 4) is 5.75 Å². The van der Waals surface area contributed by atoms with Crippen molar-refractivity contribution in [3.63, 3.8) is 0 Å². The van der Waals surface area contributed by atoms with Gasteiger partial charge in [0.1, 0.15) is 17.5 Å². The molecule has 0 saturated carbocycles. The molecule has 1 aromatic heterocycles. The molecule has 0 aliphatic carbocycles. The van der Waals surface area contributed by atoms with Crippen LogP contribution in [0.3, 0.4) is 0 Å². The largest absolute Gasteiger partial charge is 0.488 e. The van der Waals surface area contributed by atoms with Gasteiger partial charge in [-0.1, -0.05) is 53.6 Å². The van der Waals surface area contributed by atoms with Crippen LogP contribution < -0.4 is 10.2 Å². The molecule has 3 rings (SSSR count). The molecule has 6 heteroatoms. The van der Waals surface area contributed by atoms with Crippen LogP contribution in [0.4, 0.5) is 0 Å². The number of para-hydroxylation sites is 1. The average molecular weight is 380 g/mol. The molecule has 0 fully saturated rings. The number of rotatable bonds is 6. The van der Waals surface area contributed by atoms with Crippen molar-refractivity contribution in [2.24, 2.45) is 5.10 Å². The molecule has 0 radical (unpaired) electrons. The number of benzene rings is 2. The average Bonchev–Trinajstić information content (AvgIpc) is 2.68. The molecule has 2 aromatic carbocycles. The summed E-state index contributed by atoms with van der Waals surface area (Å²) in [6.07, 6.45) is 3.05. The second-order valence-electron chi connectivity index (χ2n) is 5.85. The Kier molecular flexibility index (Phi) is 6.18. The lowest BCUT2D eigenvalue weighted by atomic mass is 10.1. The van der Waals surface area contributed by atoms with Crippen molar-refractivity contribution in [3.05, 3.63) is 94.3 Å². The zero-order valence-corrected chi connectivity index (χ0v) is 15.5. The molecule has 1 N–H and O–H groups in total. The number of halogens is 1. The SMILES string of the molecule is Cc1ccc(COc2ccccc2C=NNC(=O)c2cccnc2Cl)cc1. The van der Waals surface area contributed by atoms with Crippen molar-refractivity contribution >= 4 is 23.7 Å². The van der Waals surface area contributed by atoms with Gasteiger partial charge in [0.25, 0.3) is 5.91 Å². The molecule has 0 aliphatic heterocycles. The van der Waals surface area contributed by atoms with E-state index >= 15 is 0 Å². The Morgan fingerprint density at radius 2 is 1.93 bits per heavy atom. The van der Waals surface area contributed by atoms with Crippen LogP contribution in [0.25, 0.3) is 0 Å². The lowest BCUT2D eigenvalue weighted by Gasteiger charge is -2.09. The number of hydrogen-bond acceptors (Lipinski definition) is 4. The topological polar surface area (TPSA) is 63.6 Å². The molecule has 1 amide bonds. The summed E-state index contributed by atoms with van der Waals surface area (Å²) in [6, 6.07) is 18.9. The number of hydrogen-bond donors (Lipinski definition) is 1. The van der Waals surface area contributed by atoms with Gasteiger partial charge in [-0.15, -0.1) is 0 Å². The Labute approximate surface area is 162 Å². The number of pyridine rings is 1. The number of nitrogens with zero attached hydrogens (tertiary/aromatic N) is 2. The lowest BCUT2D eigenvalue weighted by Crippen LogP contribution is -2.18. The minimum absolute atomic E-state index is 0.132. The van der Waals surface area contributed by atoms with Crippen molar-refractivity contribution in [2.45, 2.75) is 13.5 Å². The summed E-state index contributed by atoms with van der Waals surface area (Å²) in [5.74, 6) is 0.248. The Bertz CT molecular complexity index is 956. The second kappa shape index (κ2) is 8.96. The number of aromatic nitrogens is 1. The highest BCUT2D eigenvalue weighted by atomic mass is 35.5. The van der Waals surface area contributed by atoms with E-state index in [4.69, 9.17) is 16.3 Å². The normalized spacial score (nSPS) is 10.7. The first-order valence-corrected chi connectivity index (χ1v) is 8.72. The Morgan fingerprint density at radius 3 is 2.70 bits per heavy atom. The van der Waals surface area contributed by atoms with Gasteiger partial charge in [-0.25, -0.2) is 10.4 Å². The van der Waals surface area contributed by atoms with E-state index in [1.54, 1.807) is 12.1 Å². The predicted octanol–water partition coefficient (Wildman–Crippen LogP) is 4.39. The summed E-state index contributed by atoms with van der Waals surface area (Å²) in [5.41, 5.74) is 5.74. The van der Waals surface area contributed by atoms with E-state index in [2.05, 4.69) is 15.5 Å². The van der Waals surface area contributed by atoms with Crippen LogP contribution in [0.5, 0.6) is 5.75 Å². The molecule has 0 unspecified atom stereocenters. The molecule has 3 aromatic rings. The van der Waals surface area contributed by atoms with Gasteiger partial charge >= 0.3 is 0 Å². The predicted molar refractivity (Wildman–Crippen MR) is 106 cm³/mol. The van der Waals surface area contributed by atoms with Crippen LogP contribution in [-0.2, 0) is 6.61 Å². The molecule has 0 spiro atoms. The Morgan fingerprint density at radius 1 is 1.15 bits per heavy atom. The number of nitrogens with one attached hydrogen (secondary N) is 1. The number of ether oxygens (including phenoxy) is 1. The quantitative estimate of drug-likeness (QED) is 0.392. The number of aryl methyl sites for hydroxylation is 1. The fourth-order valence-electron chi connectivity index (χ4n) is 2.34. The van der Waals surface area contributed by atoms with Gasteiger partial charge in [0.2, 0.25) is 0 Å². The van der Waals surface area contributed by atoms with Gasteiger partial charge in [-0.3, -0.25) is 4.79 Å². The molecule has 0 saturated heterocycles. The third-order valence-corrected chi connectivity index (χ3v) is 4.11. The molecule has 27 heavy (non-hydrogen) atoms. The smallest absolute Gasteiger partial charge is 0.274 e. The second-order valence-corrected chi connectivity index (χ2v) is 6.21. The van der Waals surface area contributed by atoms with Crippen LogP contribution in [0, 0.1) is 6.92 Å². The first-order valence-electron chi connectivity index (χ1n) is 8.35. The standard InChI is InChI=1S/C21H18ClN3O2/c1-15-8-10-16(11-9-15)14-27-19-7-3-2-5-17(19)13-24-25-21(26)18-6-4-12-23-20(18)22/h2-13H,14H2,1H3,(H,25,26). The molecule has 1 heterocycles. The van der Waals surface area contributed by atoms with E-state index in [1.165, 1.54) is 18.0 Å². The van der Waals surface area contributed by atoms with E-state index in [9.17, 15) is 4.79 Å². The minimum atomic E-state index is -0.428. The van der Waals surface area contributed by atoms with Crippen LogP contribution in [-0.4, -0.2) is 17.1 Å². The Balaban J connectivity index is 1.65. The minimum Gasteiger partial charge on any atom is -0.488 e. The summed E-state index contributed by atoms with van der Waals surface area (Å²) in [6.45, 7) is 2.49. The highest BCUT2D eigenvalue weighted by Gasteiger charge is 2.09. The third-order valence-electron chi connectivity index (χ3n) is 3.81. The zero-order valence-electron chi connectivity index (χ0n) is 14.7. The van der Waals surface area contributed by atoms with Gasteiger partial charge in [-0.2, -0.15) is 5.10 Å². The van der Waals surface area contributed by atoms with Crippen molar-refractivity contribution in [1.82, 2.24) is 10.4 Å². The van der Waals surface area contributed by atoms with Crippen LogP contribution >= 0.6 is 11.6 Å². The van der Waals surface area contributed by atoms with Gasteiger partial charge in [0, 0.05) is 11.8 Å². The van der Waals surface area contributed by atoms with Gasteiger partial charge in [-0.05, 0) is 36.8 Å². The molecular weight excluding hydrogens is 362 g/mol. The fraction of sp³-hybridized carbons (Fsp3) is 0.0952. The maximum absolute atomic E-state index is 12.1. The van der Waals surface area contributed by atoms with Crippen LogP contribution in [0.15, 0.2) is 72.0 Å². The molecule has 0 bridgehead atoms. The summed E-state index contributed by atoms with van der Waals surface area (Å²) < 4.78 is 5.89. The summed E-state index contributed by atoms with van der Waals surface area (Å²) in [7, 11) is 0. The summed E-state index contributed by atoms with van der Waals surface area (Å²) in [4.78, 5) is 16.0. The van der Waals surface area contributed by atoms with Crippen molar-refractivity contribution < 1.29 is 9.53 Å². The van der Waals surface area contributed by atoms with Crippen molar-refractivity contribution in [2.75, 3.05) is 0 Å². The fourth-order valence-corrected chi connectivity index (χ4v) is 2.55. The van der Waals surface area contributed by atoms with Gasteiger partial charge in [0.15, 0.2) is 0 Å². The molecule has 0 aliphatic rings.